The van der Waals surface area contributed by atoms with Crippen LogP contribution in [0.3, 0.4) is 0 Å². The number of hydrogen-bond acceptors (Lipinski definition) is 7. The second-order valence-electron chi connectivity index (χ2n) is 8.02. The highest BCUT2D eigenvalue weighted by Gasteiger charge is 2.27. The fourth-order valence-electron chi connectivity index (χ4n) is 3.69. The third kappa shape index (κ3) is 5.63. The highest BCUT2D eigenvalue weighted by molar-refractivity contribution is 7.99. The summed E-state index contributed by atoms with van der Waals surface area (Å²) in [6.07, 6.45) is 2.78. The van der Waals surface area contributed by atoms with Crippen LogP contribution in [0, 0.1) is 13.8 Å². The van der Waals surface area contributed by atoms with Gasteiger partial charge in [0.2, 0.25) is 21.8 Å². The molecule has 1 fully saturated rings. The molecule has 1 aliphatic rings. The average molecular weight is 487 g/mol. The average Bonchev–Trinajstić information content (AvgIpc) is 3.29. The van der Waals surface area contributed by atoms with E-state index in [1.165, 1.54) is 10.4 Å². The molecule has 0 bridgehead atoms. The largest absolute Gasteiger partial charge is 0.411 e. The van der Waals surface area contributed by atoms with Crippen molar-refractivity contribution < 1.29 is 17.6 Å². The number of anilines is 1. The Kier molecular flexibility index (Phi) is 7.16. The van der Waals surface area contributed by atoms with Crippen LogP contribution in [0.1, 0.15) is 30.4 Å². The van der Waals surface area contributed by atoms with Crippen LogP contribution < -0.4 is 5.32 Å². The first-order valence-corrected chi connectivity index (χ1v) is 13.2. The summed E-state index contributed by atoms with van der Waals surface area (Å²) in [6.45, 7) is 4.81. The number of thioether (sulfide) groups is 1. The Labute approximate surface area is 197 Å². The van der Waals surface area contributed by atoms with Gasteiger partial charge in [-0.05, 0) is 56.5 Å². The maximum Gasteiger partial charge on any atom is 0.277 e. The first-order valence-electron chi connectivity index (χ1n) is 10.8. The van der Waals surface area contributed by atoms with E-state index in [4.69, 9.17) is 4.42 Å². The highest BCUT2D eigenvalue weighted by Crippen LogP contribution is 2.27. The van der Waals surface area contributed by atoms with Crippen LogP contribution in [-0.2, 0) is 14.8 Å². The van der Waals surface area contributed by atoms with Crippen molar-refractivity contribution in [1.82, 2.24) is 14.5 Å². The molecular weight excluding hydrogens is 460 g/mol. The lowest BCUT2D eigenvalue weighted by molar-refractivity contribution is -0.113. The zero-order chi connectivity index (χ0) is 23.4. The quantitative estimate of drug-likeness (QED) is 0.498. The SMILES string of the molecule is Cc1cccc(-c2nnc(SCC(=O)Nc3ccc(C)c(S(=O)(=O)N4CCCCC4)c3)o2)c1. The minimum atomic E-state index is -3.59. The predicted octanol–water partition coefficient (Wildman–Crippen LogP) is 4.26. The van der Waals surface area contributed by atoms with Gasteiger partial charge in [-0.3, -0.25) is 4.79 Å². The molecule has 1 N–H and O–H groups in total. The van der Waals surface area contributed by atoms with E-state index in [2.05, 4.69) is 15.5 Å². The molecular formula is C23H26N4O4S2. The Balaban J connectivity index is 1.39. The lowest BCUT2D eigenvalue weighted by Gasteiger charge is -2.26. The molecule has 1 aliphatic heterocycles. The molecule has 1 aromatic heterocycles. The Morgan fingerprint density at radius 3 is 2.64 bits per heavy atom. The number of rotatable bonds is 7. The minimum Gasteiger partial charge on any atom is -0.411 e. The number of hydrogen-bond donors (Lipinski definition) is 1. The summed E-state index contributed by atoms with van der Waals surface area (Å²) in [6, 6.07) is 12.7. The molecule has 33 heavy (non-hydrogen) atoms. The van der Waals surface area contributed by atoms with Crippen LogP contribution in [-0.4, -0.2) is 47.7 Å². The fraction of sp³-hybridized carbons (Fsp3) is 0.348. The number of sulfonamides is 1. The zero-order valence-corrected chi connectivity index (χ0v) is 20.2. The normalized spacial score (nSPS) is 14.8. The van der Waals surface area contributed by atoms with E-state index >= 15 is 0 Å². The Morgan fingerprint density at radius 2 is 1.88 bits per heavy atom. The molecule has 8 nitrogen and oxygen atoms in total. The standard InChI is InChI=1S/C23H26N4O4S2/c1-16-7-6-8-18(13-16)22-25-26-23(31-22)32-15-21(28)24-19-10-9-17(2)20(14-19)33(29,30)27-11-4-3-5-12-27/h6-10,13-14H,3-5,11-12,15H2,1-2H3,(H,24,28). The van der Waals surface area contributed by atoms with Crippen LogP contribution in [0.15, 0.2) is 57.0 Å². The summed E-state index contributed by atoms with van der Waals surface area (Å²) in [5.41, 5.74) is 3.00. The second-order valence-corrected chi connectivity index (χ2v) is 10.9. The maximum atomic E-state index is 13.1. The van der Waals surface area contributed by atoms with Gasteiger partial charge < -0.3 is 9.73 Å². The number of aromatic nitrogens is 2. The number of piperidine rings is 1. The molecule has 0 radical (unpaired) electrons. The van der Waals surface area contributed by atoms with E-state index in [1.54, 1.807) is 19.1 Å². The molecule has 0 aliphatic carbocycles. The van der Waals surface area contributed by atoms with Crippen LogP contribution in [0.25, 0.3) is 11.5 Å². The van der Waals surface area contributed by atoms with E-state index in [0.717, 1.165) is 42.2 Å². The van der Waals surface area contributed by atoms with Crippen molar-refractivity contribution in [2.24, 2.45) is 0 Å². The summed E-state index contributed by atoms with van der Waals surface area (Å²) in [5, 5.41) is 11.1. The van der Waals surface area contributed by atoms with Gasteiger partial charge >= 0.3 is 0 Å². The van der Waals surface area contributed by atoms with Crippen LogP contribution in [0.5, 0.6) is 0 Å². The first kappa shape index (κ1) is 23.5. The van der Waals surface area contributed by atoms with E-state index in [9.17, 15) is 13.2 Å². The Bertz CT molecular complexity index is 1250. The smallest absolute Gasteiger partial charge is 0.277 e. The van der Waals surface area contributed by atoms with Crippen molar-refractivity contribution in [3.05, 3.63) is 53.6 Å². The van der Waals surface area contributed by atoms with Crippen LogP contribution in [0.4, 0.5) is 5.69 Å². The number of amides is 1. The van der Waals surface area contributed by atoms with Crippen molar-refractivity contribution in [3.63, 3.8) is 0 Å². The van der Waals surface area contributed by atoms with E-state index < -0.39 is 10.0 Å². The molecule has 2 aromatic carbocycles. The van der Waals surface area contributed by atoms with Crippen molar-refractivity contribution in [2.75, 3.05) is 24.2 Å². The van der Waals surface area contributed by atoms with E-state index in [0.29, 0.717) is 35.5 Å². The molecule has 1 saturated heterocycles. The van der Waals surface area contributed by atoms with Crippen molar-refractivity contribution in [1.29, 1.82) is 0 Å². The van der Waals surface area contributed by atoms with Gasteiger partial charge in [0.25, 0.3) is 5.22 Å². The number of carbonyl (C=O) groups is 1. The van der Waals surface area contributed by atoms with Gasteiger partial charge in [-0.2, -0.15) is 4.31 Å². The fourth-order valence-corrected chi connectivity index (χ4v) is 6.02. The first-order chi connectivity index (χ1) is 15.8. The number of nitrogens with one attached hydrogen (secondary N) is 1. The van der Waals surface area contributed by atoms with Gasteiger partial charge in [-0.1, -0.05) is 41.9 Å². The summed E-state index contributed by atoms with van der Waals surface area (Å²) in [4.78, 5) is 12.7. The molecule has 0 unspecified atom stereocenters. The highest BCUT2D eigenvalue weighted by atomic mass is 32.2. The molecule has 4 rings (SSSR count). The van der Waals surface area contributed by atoms with Crippen LogP contribution in [0.2, 0.25) is 0 Å². The predicted molar refractivity (Wildman–Crippen MR) is 128 cm³/mol. The third-order valence-corrected chi connectivity index (χ3v) is 8.26. The lowest BCUT2D eigenvalue weighted by Crippen LogP contribution is -2.36. The second kappa shape index (κ2) is 10.1. The van der Waals surface area contributed by atoms with Gasteiger partial charge in [-0.15, -0.1) is 10.2 Å². The summed E-state index contributed by atoms with van der Waals surface area (Å²) < 4.78 is 33.3. The molecule has 2 heterocycles. The summed E-state index contributed by atoms with van der Waals surface area (Å²) in [7, 11) is -3.59. The van der Waals surface area contributed by atoms with Gasteiger partial charge in [0.1, 0.15) is 0 Å². The van der Waals surface area contributed by atoms with E-state index in [-0.39, 0.29) is 16.6 Å². The van der Waals surface area contributed by atoms with Gasteiger partial charge in [0, 0.05) is 24.3 Å². The topological polar surface area (TPSA) is 105 Å². The summed E-state index contributed by atoms with van der Waals surface area (Å²) in [5.74, 6) is 0.158. The summed E-state index contributed by atoms with van der Waals surface area (Å²) >= 11 is 1.12. The number of nitrogens with zero attached hydrogens (tertiary/aromatic N) is 3. The Morgan fingerprint density at radius 1 is 1.09 bits per heavy atom. The monoisotopic (exact) mass is 486 g/mol. The maximum absolute atomic E-state index is 13.1. The molecule has 0 saturated carbocycles. The number of aryl methyl sites for hydroxylation is 2. The van der Waals surface area contributed by atoms with Gasteiger partial charge in [0.05, 0.1) is 10.6 Å². The molecule has 174 valence electrons. The van der Waals surface area contributed by atoms with Crippen molar-refractivity contribution in [2.45, 2.75) is 43.2 Å². The number of carbonyl (C=O) groups excluding carboxylic acids is 1. The van der Waals surface area contributed by atoms with Gasteiger partial charge in [0.15, 0.2) is 0 Å². The lowest BCUT2D eigenvalue weighted by atomic mass is 10.1. The van der Waals surface area contributed by atoms with Crippen molar-refractivity contribution >= 4 is 33.4 Å². The van der Waals surface area contributed by atoms with Crippen LogP contribution >= 0.6 is 11.8 Å². The third-order valence-electron chi connectivity index (χ3n) is 5.40. The van der Waals surface area contributed by atoms with E-state index in [1.807, 2.05) is 31.2 Å². The molecule has 0 atom stereocenters. The Hall–Kier alpha value is -2.69. The number of benzene rings is 2. The molecule has 1 amide bonds. The molecule has 0 spiro atoms. The zero-order valence-electron chi connectivity index (χ0n) is 18.6. The minimum absolute atomic E-state index is 0.0531. The molecule has 3 aromatic rings. The molecule has 10 heteroatoms. The van der Waals surface area contributed by atoms with Gasteiger partial charge in [-0.25, -0.2) is 8.42 Å². The van der Waals surface area contributed by atoms with Crippen molar-refractivity contribution in [3.8, 4) is 11.5 Å².